The first-order valence-corrected chi connectivity index (χ1v) is 4.18. The first-order chi connectivity index (χ1) is 5.84. The quantitative estimate of drug-likeness (QED) is 0.679. The van der Waals surface area contributed by atoms with Gasteiger partial charge < -0.3 is 4.90 Å². The summed E-state index contributed by atoms with van der Waals surface area (Å²) in [5.41, 5.74) is 0. The van der Waals surface area contributed by atoms with Gasteiger partial charge in [-0.05, 0) is 12.8 Å². The van der Waals surface area contributed by atoms with Crippen molar-refractivity contribution >= 4 is 5.91 Å². The molecule has 13 heavy (non-hydrogen) atoms. The number of amides is 1. The fourth-order valence-corrected chi connectivity index (χ4v) is 1.20. The lowest BCUT2D eigenvalue weighted by Crippen LogP contribution is -2.44. The van der Waals surface area contributed by atoms with Crippen molar-refractivity contribution in [2.75, 3.05) is 7.05 Å². The monoisotopic (exact) mass is 197 g/mol. The smallest absolute Gasteiger partial charge is 0.335 e. The molecule has 0 heterocycles. The summed E-state index contributed by atoms with van der Waals surface area (Å²) in [6, 6.07) is -0.325. The van der Waals surface area contributed by atoms with E-state index < -0.39 is 12.1 Å². The van der Waals surface area contributed by atoms with Crippen LogP contribution in [-0.4, -0.2) is 30.1 Å². The minimum absolute atomic E-state index is 0.325. The Bertz CT molecular complexity index is 175. The lowest BCUT2D eigenvalue weighted by Gasteiger charge is -2.26. The summed E-state index contributed by atoms with van der Waals surface area (Å²) in [5.74, 6) is -1.76. The molecule has 0 radical (unpaired) electrons. The molecule has 0 aliphatic carbocycles. The predicted octanol–water partition coefficient (Wildman–Crippen LogP) is 2.20. The van der Waals surface area contributed by atoms with E-state index >= 15 is 0 Å². The van der Waals surface area contributed by atoms with E-state index in [-0.39, 0.29) is 6.04 Å². The second-order valence-electron chi connectivity index (χ2n) is 2.88. The van der Waals surface area contributed by atoms with Crippen molar-refractivity contribution in [3.63, 3.8) is 0 Å². The molecule has 2 nitrogen and oxygen atoms in total. The van der Waals surface area contributed by atoms with E-state index in [4.69, 9.17) is 0 Å². The Morgan fingerprint density at radius 3 is 1.92 bits per heavy atom. The van der Waals surface area contributed by atoms with Gasteiger partial charge in [0.15, 0.2) is 0 Å². The van der Waals surface area contributed by atoms with Crippen molar-refractivity contribution in [2.24, 2.45) is 0 Å². The Balaban J connectivity index is 4.41. The summed E-state index contributed by atoms with van der Waals surface area (Å²) in [7, 11) is 1.19. The third-order valence-electron chi connectivity index (χ3n) is 2.05. The molecule has 1 amide bonds. The van der Waals surface area contributed by atoms with E-state index in [0.29, 0.717) is 12.8 Å². The molecule has 0 fully saturated rings. The molecule has 0 atom stereocenters. The first-order valence-electron chi connectivity index (χ1n) is 4.18. The van der Waals surface area contributed by atoms with Gasteiger partial charge in [0.05, 0.1) is 0 Å². The highest BCUT2D eigenvalue weighted by Crippen LogP contribution is 2.20. The number of nitrogens with zero attached hydrogens (tertiary/aromatic N) is 1. The van der Waals surface area contributed by atoms with Gasteiger partial charge in [0.25, 0.3) is 0 Å². The summed E-state index contributed by atoms with van der Waals surface area (Å²) in [6.07, 6.45) is -3.68. The number of carbonyl (C=O) groups excluding carboxylic acids is 1. The number of hydrogen-bond donors (Lipinski definition) is 0. The minimum atomic E-state index is -4.75. The maximum absolute atomic E-state index is 11.9. The molecule has 5 heteroatoms. The summed E-state index contributed by atoms with van der Waals surface area (Å²) in [6.45, 7) is 3.52. The highest BCUT2D eigenvalue weighted by Gasteiger charge is 2.42. The third-order valence-corrected chi connectivity index (χ3v) is 2.05. The van der Waals surface area contributed by atoms with Crippen LogP contribution in [0.25, 0.3) is 0 Å². The zero-order chi connectivity index (χ0) is 10.6. The average molecular weight is 197 g/mol. The second-order valence-corrected chi connectivity index (χ2v) is 2.88. The van der Waals surface area contributed by atoms with Crippen molar-refractivity contribution in [3.05, 3.63) is 0 Å². The molecule has 78 valence electrons. The lowest BCUT2D eigenvalue weighted by atomic mass is 10.1. The summed E-state index contributed by atoms with van der Waals surface area (Å²) >= 11 is 0. The van der Waals surface area contributed by atoms with Crippen molar-refractivity contribution in [1.82, 2.24) is 4.90 Å². The maximum Gasteiger partial charge on any atom is 0.471 e. The summed E-state index contributed by atoms with van der Waals surface area (Å²) < 4.78 is 35.8. The van der Waals surface area contributed by atoms with Crippen LogP contribution in [0, 0.1) is 0 Å². The Morgan fingerprint density at radius 2 is 1.69 bits per heavy atom. The van der Waals surface area contributed by atoms with Gasteiger partial charge in [-0.1, -0.05) is 13.8 Å². The van der Waals surface area contributed by atoms with Gasteiger partial charge in [-0.25, -0.2) is 0 Å². The standard InChI is InChI=1S/C8H14F3NO/c1-4-6(5-2)12(3)7(13)8(9,10)11/h6H,4-5H2,1-3H3. The zero-order valence-electron chi connectivity index (χ0n) is 7.98. The van der Waals surface area contributed by atoms with E-state index in [1.165, 1.54) is 7.05 Å². The summed E-state index contributed by atoms with van der Waals surface area (Å²) in [4.78, 5) is 11.5. The van der Waals surface area contributed by atoms with Gasteiger partial charge >= 0.3 is 12.1 Å². The van der Waals surface area contributed by atoms with Gasteiger partial charge in [-0.3, -0.25) is 4.79 Å². The average Bonchev–Trinajstić information content (AvgIpc) is 2.03. The lowest BCUT2D eigenvalue weighted by molar-refractivity contribution is -0.186. The minimum Gasteiger partial charge on any atom is -0.335 e. The van der Waals surface area contributed by atoms with Gasteiger partial charge in [0.2, 0.25) is 0 Å². The van der Waals surface area contributed by atoms with Crippen molar-refractivity contribution in [1.29, 1.82) is 0 Å². The van der Waals surface area contributed by atoms with Crippen LogP contribution in [0.5, 0.6) is 0 Å². The Kier molecular flexibility index (Phi) is 4.23. The van der Waals surface area contributed by atoms with Gasteiger partial charge in [-0.2, -0.15) is 13.2 Å². The molecule has 0 aromatic carbocycles. The van der Waals surface area contributed by atoms with Crippen LogP contribution in [0.4, 0.5) is 13.2 Å². The van der Waals surface area contributed by atoms with Crippen LogP contribution in [-0.2, 0) is 4.79 Å². The fourth-order valence-electron chi connectivity index (χ4n) is 1.20. The molecule has 0 N–H and O–H groups in total. The van der Waals surface area contributed by atoms with E-state index in [9.17, 15) is 18.0 Å². The molecule has 0 aromatic heterocycles. The van der Waals surface area contributed by atoms with Crippen molar-refractivity contribution in [3.8, 4) is 0 Å². The first kappa shape index (κ1) is 12.3. The van der Waals surface area contributed by atoms with Crippen LogP contribution in [0.2, 0.25) is 0 Å². The molecule has 0 spiro atoms. The number of carbonyl (C=O) groups is 1. The molecule has 0 rings (SSSR count). The molecule has 0 bridgehead atoms. The molecule has 0 unspecified atom stereocenters. The predicted molar refractivity (Wildman–Crippen MR) is 43.2 cm³/mol. The highest BCUT2D eigenvalue weighted by molar-refractivity contribution is 5.81. The van der Waals surface area contributed by atoms with Crippen molar-refractivity contribution < 1.29 is 18.0 Å². The van der Waals surface area contributed by atoms with Crippen LogP contribution in [0.3, 0.4) is 0 Å². The molecule has 0 aromatic rings. The second kappa shape index (κ2) is 4.48. The molecule has 0 aliphatic rings. The number of halogens is 3. The zero-order valence-corrected chi connectivity index (χ0v) is 7.98. The van der Waals surface area contributed by atoms with E-state index in [1.807, 2.05) is 0 Å². The topological polar surface area (TPSA) is 20.3 Å². The molecular weight excluding hydrogens is 183 g/mol. The number of hydrogen-bond acceptors (Lipinski definition) is 1. The van der Waals surface area contributed by atoms with Crippen molar-refractivity contribution in [2.45, 2.75) is 38.9 Å². The third kappa shape index (κ3) is 3.24. The fraction of sp³-hybridized carbons (Fsp3) is 0.875. The van der Waals surface area contributed by atoms with Gasteiger partial charge in [-0.15, -0.1) is 0 Å². The Morgan fingerprint density at radius 1 is 1.31 bits per heavy atom. The Hall–Kier alpha value is -0.740. The normalized spacial score (nSPS) is 11.9. The van der Waals surface area contributed by atoms with E-state index in [0.717, 1.165) is 4.90 Å². The number of rotatable bonds is 3. The van der Waals surface area contributed by atoms with Crippen LogP contribution in [0.15, 0.2) is 0 Å². The molecular formula is C8H14F3NO. The molecule has 0 saturated heterocycles. The largest absolute Gasteiger partial charge is 0.471 e. The highest BCUT2D eigenvalue weighted by atomic mass is 19.4. The SMILES string of the molecule is CCC(CC)N(C)C(=O)C(F)(F)F. The molecule has 0 aliphatic heterocycles. The van der Waals surface area contributed by atoms with Crippen LogP contribution in [0.1, 0.15) is 26.7 Å². The Labute approximate surface area is 75.7 Å². The van der Waals surface area contributed by atoms with Gasteiger partial charge in [0.1, 0.15) is 0 Å². The maximum atomic E-state index is 11.9. The van der Waals surface area contributed by atoms with Crippen LogP contribution < -0.4 is 0 Å². The number of alkyl halides is 3. The van der Waals surface area contributed by atoms with Crippen LogP contribution >= 0.6 is 0 Å². The van der Waals surface area contributed by atoms with Gasteiger partial charge in [0, 0.05) is 13.1 Å². The molecule has 0 saturated carbocycles. The van der Waals surface area contributed by atoms with E-state index in [1.54, 1.807) is 13.8 Å². The summed E-state index contributed by atoms with van der Waals surface area (Å²) in [5, 5.41) is 0. The van der Waals surface area contributed by atoms with E-state index in [2.05, 4.69) is 0 Å².